The van der Waals surface area contributed by atoms with E-state index in [0.29, 0.717) is 17.0 Å². The van der Waals surface area contributed by atoms with E-state index >= 15 is 0 Å². The lowest BCUT2D eigenvalue weighted by molar-refractivity contribution is -0.136. The van der Waals surface area contributed by atoms with Crippen LogP contribution in [0.15, 0.2) is 48.5 Å². The zero-order valence-corrected chi connectivity index (χ0v) is 14.7. The van der Waals surface area contributed by atoms with Crippen LogP contribution in [0.5, 0.6) is 5.75 Å². The molecule has 5 nitrogen and oxygen atoms in total. The molecule has 132 valence electrons. The summed E-state index contributed by atoms with van der Waals surface area (Å²) in [6, 6.07) is 14.4. The minimum atomic E-state index is -0.886. The Morgan fingerprint density at radius 2 is 1.68 bits per heavy atom. The van der Waals surface area contributed by atoms with Crippen LogP contribution in [0.3, 0.4) is 0 Å². The Morgan fingerprint density at radius 3 is 2.28 bits per heavy atom. The minimum Gasteiger partial charge on any atom is -0.483 e. The van der Waals surface area contributed by atoms with Crippen molar-refractivity contribution in [1.29, 1.82) is 0 Å². The van der Waals surface area contributed by atoms with Crippen molar-refractivity contribution in [2.75, 3.05) is 11.9 Å². The second-order valence-electron chi connectivity index (χ2n) is 6.85. The SMILES string of the molecule is CC(C)(C)c1ccccc1OCC(=O)Nc1ccc(CC(=O)O)cc1. The molecule has 2 aromatic carbocycles. The molecule has 0 saturated heterocycles. The number of ether oxygens (including phenoxy) is 1. The van der Waals surface area contributed by atoms with Gasteiger partial charge in [0.25, 0.3) is 5.91 Å². The zero-order chi connectivity index (χ0) is 18.4. The van der Waals surface area contributed by atoms with E-state index in [4.69, 9.17) is 9.84 Å². The monoisotopic (exact) mass is 341 g/mol. The van der Waals surface area contributed by atoms with Crippen molar-refractivity contribution in [2.24, 2.45) is 0 Å². The second-order valence-corrected chi connectivity index (χ2v) is 6.85. The van der Waals surface area contributed by atoms with Gasteiger partial charge in [0, 0.05) is 5.69 Å². The summed E-state index contributed by atoms with van der Waals surface area (Å²) in [5, 5.41) is 11.5. The molecule has 0 unspecified atom stereocenters. The van der Waals surface area contributed by atoms with Gasteiger partial charge >= 0.3 is 5.97 Å². The van der Waals surface area contributed by atoms with Crippen LogP contribution in [0.25, 0.3) is 0 Å². The third-order valence-corrected chi connectivity index (χ3v) is 3.65. The molecule has 0 atom stereocenters. The Bertz CT molecular complexity index is 745. The fraction of sp³-hybridized carbons (Fsp3) is 0.300. The van der Waals surface area contributed by atoms with Crippen molar-refractivity contribution in [1.82, 2.24) is 0 Å². The smallest absolute Gasteiger partial charge is 0.307 e. The van der Waals surface area contributed by atoms with Crippen LogP contribution in [0.2, 0.25) is 0 Å². The van der Waals surface area contributed by atoms with Crippen LogP contribution in [0.1, 0.15) is 31.9 Å². The van der Waals surface area contributed by atoms with Crippen LogP contribution in [0, 0.1) is 0 Å². The zero-order valence-electron chi connectivity index (χ0n) is 14.7. The highest BCUT2D eigenvalue weighted by atomic mass is 16.5. The van der Waals surface area contributed by atoms with E-state index in [-0.39, 0.29) is 24.3 Å². The first-order chi connectivity index (χ1) is 11.8. The minimum absolute atomic E-state index is 0.0407. The Labute approximate surface area is 147 Å². The molecule has 1 amide bonds. The number of carbonyl (C=O) groups excluding carboxylic acids is 1. The highest BCUT2D eigenvalue weighted by Crippen LogP contribution is 2.30. The van der Waals surface area contributed by atoms with Gasteiger partial charge in [0.1, 0.15) is 5.75 Å². The van der Waals surface area contributed by atoms with Crippen molar-refractivity contribution in [3.05, 3.63) is 59.7 Å². The molecule has 0 aliphatic rings. The van der Waals surface area contributed by atoms with E-state index in [1.165, 1.54) is 0 Å². The maximum absolute atomic E-state index is 12.1. The summed E-state index contributed by atoms with van der Waals surface area (Å²) in [6.45, 7) is 6.18. The van der Waals surface area contributed by atoms with Gasteiger partial charge in [0.05, 0.1) is 6.42 Å². The Hall–Kier alpha value is -2.82. The average molecular weight is 341 g/mol. The third-order valence-electron chi connectivity index (χ3n) is 3.65. The van der Waals surface area contributed by atoms with Crippen LogP contribution in [-0.4, -0.2) is 23.6 Å². The third kappa shape index (κ3) is 5.64. The van der Waals surface area contributed by atoms with Crippen molar-refractivity contribution in [3.8, 4) is 5.75 Å². The fourth-order valence-corrected chi connectivity index (χ4v) is 2.43. The Morgan fingerprint density at radius 1 is 1.04 bits per heavy atom. The molecule has 2 rings (SSSR count). The van der Waals surface area contributed by atoms with Gasteiger partial charge in [0.2, 0.25) is 0 Å². The van der Waals surface area contributed by atoms with Gasteiger partial charge in [-0.05, 0) is 34.7 Å². The lowest BCUT2D eigenvalue weighted by Crippen LogP contribution is -2.22. The number of carboxylic acid groups (broad SMARTS) is 1. The van der Waals surface area contributed by atoms with Gasteiger partial charge in [-0.1, -0.05) is 51.1 Å². The topological polar surface area (TPSA) is 75.6 Å². The normalized spacial score (nSPS) is 11.0. The molecule has 0 aliphatic carbocycles. The number of carbonyl (C=O) groups is 2. The molecular formula is C20H23NO4. The summed E-state index contributed by atoms with van der Waals surface area (Å²) >= 11 is 0. The van der Waals surface area contributed by atoms with Gasteiger partial charge in [-0.2, -0.15) is 0 Å². The predicted octanol–water partition coefficient (Wildman–Crippen LogP) is 3.63. The first-order valence-electron chi connectivity index (χ1n) is 8.08. The quantitative estimate of drug-likeness (QED) is 0.841. The largest absolute Gasteiger partial charge is 0.483 e. The van der Waals surface area contributed by atoms with E-state index in [9.17, 15) is 9.59 Å². The molecular weight excluding hydrogens is 318 g/mol. The molecule has 0 bridgehead atoms. The van der Waals surface area contributed by atoms with Gasteiger partial charge < -0.3 is 15.2 Å². The van der Waals surface area contributed by atoms with Gasteiger partial charge in [-0.25, -0.2) is 0 Å². The maximum Gasteiger partial charge on any atom is 0.307 e. The summed E-state index contributed by atoms with van der Waals surface area (Å²) in [7, 11) is 0. The average Bonchev–Trinajstić information content (AvgIpc) is 2.54. The number of carboxylic acids is 1. The second kappa shape index (κ2) is 7.83. The Kier molecular flexibility index (Phi) is 5.80. The lowest BCUT2D eigenvalue weighted by Gasteiger charge is -2.22. The first kappa shape index (κ1) is 18.5. The van der Waals surface area contributed by atoms with E-state index in [1.54, 1.807) is 24.3 Å². The number of benzene rings is 2. The number of amides is 1. The van der Waals surface area contributed by atoms with E-state index < -0.39 is 5.97 Å². The molecule has 0 saturated carbocycles. The summed E-state index contributed by atoms with van der Waals surface area (Å²) in [5.74, 6) is -0.459. The molecule has 2 N–H and O–H groups in total. The van der Waals surface area contributed by atoms with Crippen LogP contribution in [-0.2, 0) is 21.4 Å². The standard InChI is InChI=1S/C20H23NO4/c1-20(2,3)16-6-4-5-7-17(16)25-13-18(22)21-15-10-8-14(9-11-15)12-19(23)24/h4-11H,12-13H2,1-3H3,(H,21,22)(H,23,24). The van der Waals surface area contributed by atoms with E-state index in [0.717, 1.165) is 5.56 Å². The number of anilines is 1. The molecule has 5 heteroatoms. The van der Waals surface area contributed by atoms with E-state index in [1.807, 2.05) is 24.3 Å². The number of hydrogen-bond acceptors (Lipinski definition) is 3. The lowest BCUT2D eigenvalue weighted by atomic mass is 9.86. The number of para-hydroxylation sites is 1. The number of hydrogen-bond donors (Lipinski definition) is 2. The molecule has 25 heavy (non-hydrogen) atoms. The first-order valence-corrected chi connectivity index (χ1v) is 8.08. The summed E-state index contributed by atoms with van der Waals surface area (Å²) in [6.07, 6.45) is -0.0407. The molecule has 2 aromatic rings. The van der Waals surface area contributed by atoms with Crippen LogP contribution < -0.4 is 10.1 Å². The molecule has 0 heterocycles. The fourth-order valence-electron chi connectivity index (χ4n) is 2.43. The summed E-state index contributed by atoms with van der Waals surface area (Å²) in [5.41, 5.74) is 2.25. The summed E-state index contributed by atoms with van der Waals surface area (Å²) in [4.78, 5) is 22.7. The van der Waals surface area contributed by atoms with Gasteiger partial charge in [-0.15, -0.1) is 0 Å². The van der Waals surface area contributed by atoms with Gasteiger partial charge in [0.15, 0.2) is 6.61 Å². The highest BCUT2D eigenvalue weighted by Gasteiger charge is 2.18. The van der Waals surface area contributed by atoms with Crippen LogP contribution in [0.4, 0.5) is 5.69 Å². The predicted molar refractivity (Wildman–Crippen MR) is 97.0 cm³/mol. The van der Waals surface area contributed by atoms with Crippen molar-refractivity contribution in [2.45, 2.75) is 32.6 Å². The van der Waals surface area contributed by atoms with Crippen molar-refractivity contribution >= 4 is 17.6 Å². The molecule has 0 fully saturated rings. The number of nitrogens with one attached hydrogen (secondary N) is 1. The van der Waals surface area contributed by atoms with Crippen molar-refractivity contribution < 1.29 is 19.4 Å². The molecule has 0 spiro atoms. The highest BCUT2D eigenvalue weighted by molar-refractivity contribution is 5.91. The van der Waals surface area contributed by atoms with Crippen molar-refractivity contribution in [3.63, 3.8) is 0 Å². The maximum atomic E-state index is 12.1. The van der Waals surface area contributed by atoms with Gasteiger partial charge in [-0.3, -0.25) is 9.59 Å². The molecule has 0 aliphatic heterocycles. The molecule has 0 radical (unpaired) electrons. The van der Waals surface area contributed by atoms with Crippen LogP contribution >= 0.6 is 0 Å². The molecule has 0 aromatic heterocycles. The number of rotatable bonds is 6. The summed E-state index contributed by atoms with van der Waals surface area (Å²) < 4.78 is 5.68. The number of aliphatic carboxylic acids is 1. The Balaban J connectivity index is 1.94. The van der Waals surface area contributed by atoms with E-state index in [2.05, 4.69) is 26.1 Å².